The highest BCUT2D eigenvalue weighted by Gasteiger charge is 2.09. The Labute approximate surface area is 174 Å². The van der Waals surface area contributed by atoms with Crippen molar-refractivity contribution in [3.63, 3.8) is 0 Å². The van der Waals surface area contributed by atoms with E-state index in [4.69, 9.17) is 4.74 Å². The first-order valence-electron chi connectivity index (χ1n) is 10.4. The number of rotatable bonds is 0. The lowest BCUT2D eigenvalue weighted by molar-refractivity contribution is -0.142. The van der Waals surface area contributed by atoms with Crippen LogP contribution in [0.25, 0.3) is 0 Å². The van der Waals surface area contributed by atoms with Gasteiger partial charge < -0.3 is 14.9 Å². The molecule has 0 amide bonds. The monoisotopic (exact) mass is 402 g/mol. The number of aliphatic hydroxyl groups excluding tert-OH is 2. The maximum Gasteiger partial charge on any atom is 0.331 e. The molecule has 1 rings (SSSR count). The number of hydrogen-bond donors (Lipinski definition) is 2. The summed E-state index contributed by atoms with van der Waals surface area (Å²) in [7, 11) is 0. The van der Waals surface area contributed by atoms with Gasteiger partial charge in [-0.25, -0.2) is 4.79 Å². The van der Waals surface area contributed by atoms with Crippen molar-refractivity contribution in [2.24, 2.45) is 0 Å². The molecule has 0 fully saturated rings. The largest absolute Gasteiger partial charge is 0.460 e. The molecule has 1 aliphatic rings. The van der Waals surface area contributed by atoms with Crippen molar-refractivity contribution in [1.29, 1.82) is 0 Å². The number of hydrogen-bond acceptors (Lipinski definition) is 5. The van der Waals surface area contributed by atoms with Crippen molar-refractivity contribution >= 4 is 11.8 Å². The number of esters is 1. The predicted octanol–water partition coefficient (Wildman–Crippen LogP) is 4.12. The Morgan fingerprint density at radius 1 is 0.931 bits per heavy atom. The quantitative estimate of drug-likeness (QED) is 0.470. The number of aliphatic hydroxyl groups is 2. The van der Waals surface area contributed by atoms with E-state index in [1.54, 1.807) is 42.5 Å². The second-order valence-electron chi connectivity index (χ2n) is 7.22. The van der Waals surface area contributed by atoms with Crippen LogP contribution in [0.3, 0.4) is 0 Å². The summed E-state index contributed by atoms with van der Waals surface area (Å²) in [6.07, 6.45) is 20.5. The van der Waals surface area contributed by atoms with Gasteiger partial charge in [-0.05, 0) is 45.4 Å². The van der Waals surface area contributed by atoms with E-state index in [9.17, 15) is 19.8 Å². The summed E-state index contributed by atoms with van der Waals surface area (Å²) in [4.78, 5) is 23.6. The molecular weight excluding hydrogens is 368 g/mol. The maximum absolute atomic E-state index is 11.9. The fourth-order valence-corrected chi connectivity index (χ4v) is 2.76. The molecule has 0 saturated heterocycles. The molecule has 0 bridgehead atoms. The molecule has 0 radical (unpaired) electrons. The van der Waals surface area contributed by atoms with E-state index in [0.717, 1.165) is 19.3 Å². The molecule has 0 aromatic heterocycles. The number of Topliss-reactive ketones (excluding diaryl/α,β-unsaturated/α-hetero) is 1. The van der Waals surface area contributed by atoms with E-state index in [1.165, 1.54) is 6.08 Å². The predicted molar refractivity (Wildman–Crippen MR) is 115 cm³/mol. The Morgan fingerprint density at radius 3 is 2.48 bits per heavy atom. The molecular formula is C24H34O5. The van der Waals surface area contributed by atoms with Gasteiger partial charge in [0.1, 0.15) is 5.78 Å². The number of cyclic esters (lactones) is 1. The Morgan fingerprint density at radius 2 is 1.66 bits per heavy atom. The Bertz CT molecular complexity index is 627. The van der Waals surface area contributed by atoms with E-state index < -0.39 is 12.2 Å². The lowest BCUT2D eigenvalue weighted by Crippen LogP contribution is -2.12. The molecule has 3 atom stereocenters. The minimum atomic E-state index is -0.675. The average molecular weight is 403 g/mol. The fourth-order valence-electron chi connectivity index (χ4n) is 2.76. The van der Waals surface area contributed by atoms with Crippen LogP contribution < -0.4 is 0 Å². The van der Waals surface area contributed by atoms with Crippen molar-refractivity contribution in [1.82, 2.24) is 0 Å². The van der Waals surface area contributed by atoms with Crippen LogP contribution in [0, 0.1) is 0 Å². The fraction of sp³-hybridized carbons (Fsp3) is 0.500. The number of carbonyl (C=O) groups excluding carboxylic acids is 2. The first-order chi connectivity index (χ1) is 14.0. The van der Waals surface area contributed by atoms with E-state index in [2.05, 4.69) is 0 Å². The van der Waals surface area contributed by atoms with E-state index in [0.29, 0.717) is 25.7 Å². The van der Waals surface area contributed by atoms with Crippen molar-refractivity contribution in [3.05, 3.63) is 60.8 Å². The summed E-state index contributed by atoms with van der Waals surface area (Å²) >= 11 is 0. The zero-order chi connectivity index (χ0) is 21.3. The Kier molecular flexibility index (Phi) is 13.4. The summed E-state index contributed by atoms with van der Waals surface area (Å²) in [5, 5.41) is 19.8. The standard InChI is InChI=1S/C24H34O5/c1-20-13-7-3-2-4-8-16-22(26)19-23(27)17-11-5-9-14-21(25)15-10-6-12-18-24(28)29-20/h2,4-6,9-12,14,18,20-21,23,25,27H,3,7-8,13,15-17,19H2,1H3/b4-2-,10-6-,11-5-,14-9-,18-12-/t20-,21+,23-/m1/s1. The molecule has 1 heterocycles. The molecule has 0 saturated carbocycles. The third-order valence-electron chi connectivity index (χ3n) is 4.36. The van der Waals surface area contributed by atoms with Gasteiger partial charge in [-0.15, -0.1) is 0 Å². The molecule has 29 heavy (non-hydrogen) atoms. The molecule has 1 aliphatic heterocycles. The smallest absolute Gasteiger partial charge is 0.331 e. The first kappa shape index (κ1) is 24.8. The molecule has 0 aromatic rings. The summed E-state index contributed by atoms with van der Waals surface area (Å²) in [6, 6.07) is 0. The number of carbonyl (C=O) groups is 2. The van der Waals surface area contributed by atoms with Crippen LogP contribution >= 0.6 is 0 Å². The highest BCUT2D eigenvalue weighted by molar-refractivity contribution is 5.82. The van der Waals surface area contributed by atoms with Crippen molar-refractivity contribution in [2.45, 2.75) is 76.6 Å². The zero-order valence-corrected chi connectivity index (χ0v) is 17.3. The number of ether oxygens (including phenoxy) is 1. The molecule has 0 aromatic carbocycles. The molecule has 5 heteroatoms. The van der Waals surface area contributed by atoms with Crippen LogP contribution in [-0.4, -0.2) is 40.3 Å². The Balaban J connectivity index is 2.61. The summed E-state index contributed by atoms with van der Waals surface area (Å²) in [5.74, 6) is -0.324. The lowest BCUT2D eigenvalue weighted by Gasteiger charge is -2.10. The van der Waals surface area contributed by atoms with E-state index >= 15 is 0 Å². The SMILES string of the molecule is C[C@@H]1CCC/C=C\CCC(=O)C[C@H](O)C/C=C\C=C/[C@H](O)C/C=C\C=C/C(=O)O1. The minimum Gasteiger partial charge on any atom is -0.460 e. The minimum absolute atomic E-state index is 0.0522. The second-order valence-corrected chi connectivity index (χ2v) is 7.22. The summed E-state index contributed by atoms with van der Waals surface area (Å²) in [6.45, 7) is 1.87. The van der Waals surface area contributed by atoms with Crippen LogP contribution in [0.5, 0.6) is 0 Å². The van der Waals surface area contributed by atoms with Gasteiger partial charge in [0.2, 0.25) is 0 Å². The summed E-state index contributed by atoms with van der Waals surface area (Å²) < 4.78 is 5.31. The zero-order valence-electron chi connectivity index (χ0n) is 17.3. The molecule has 0 spiro atoms. The average Bonchev–Trinajstić information content (AvgIpc) is 2.65. The molecule has 2 N–H and O–H groups in total. The van der Waals surface area contributed by atoms with Gasteiger partial charge in [0.25, 0.3) is 0 Å². The molecule has 0 aliphatic carbocycles. The van der Waals surface area contributed by atoms with Gasteiger partial charge in [-0.3, -0.25) is 4.79 Å². The topological polar surface area (TPSA) is 83.8 Å². The van der Waals surface area contributed by atoms with Crippen LogP contribution in [0.4, 0.5) is 0 Å². The van der Waals surface area contributed by atoms with Crippen LogP contribution in [-0.2, 0) is 14.3 Å². The number of allylic oxidation sites excluding steroid dienone is 6. The van der Waals surface area contributed by atoms with Crippen LogP contribution in [0.1, 0.15) is 58.3 Å². The third-order valence-corrected chi connectivity index (χ3v) is 4.36. The van der Waals surface area contributed by atoms with Gasteiger partial charge in [0.05, 0.1) is 18.3 Å². The van der Waals surface area contributed by atoms with Crippen molar-refractivity contribution in [2.75, 3.05) is 0 Å². The maximum atomic E-state index is 11.9. The van der Waals surface area contributed by atoms with Gasteiger partial charge >= 0.3 is 5.97 Å². The Hall–Kier alpha value is -2.24. The third kappa shape index (κ3) is 14.4. The summed E-state index contributed by atoms with van der Waals surface area (Å²) in [5.41, 5.74) is 0. The van der Waals surface area contributed by atoms with Gasteiger partial charge in [0, 0.05) is 18.9 Å². The van der Waals surface area contributed by atoms with E-state index in [-0.39, 0.29) is 24.3 Å². The first-order valence-corrected chi connectivity index (χ1v) is 10.4. The molecule has 5 nitrogen and oxygen atoms in total. The number of ketones is 1. The highest BCUT2D eigenvalue weighted by atomic mass is 16.5. The second kappa shape index (κ2) is 15.7. The van der Waals surface area contributed by atoms with Crippen LogP contribution in [0.2, 0.25) is 0 Å². The van der Waals surface area contributed by atoms with Gasteiger partial charge in [0.15, 0.2) is 0 Å². The van der Waals surface area contributed by atoms with Crippen molar-refractivity contribution < 1.29 is 24.5 Å². The van der Waals surface area contributed by atoms with Crippen molar-refractivity contribution in [3.8, 4) is 0 Å². The van der Waals surface area contributed by atoms with Gasteiger partial charge in [-0.1, -0.05) is 54.7 Å². The van der Waals surface area contributed by atoms with E-state index in [1.807, 2.05) is 19.1 Å². The normalized spacial score (nSPS) is 32.3. The lowest BCUT2D eigenvalue weighted by atomic mass is 10.1. The van der Waals surface area contributed by atoms with Gasteiger partial charge in [-0.2, -0.15) is 0 Å². The van der Waals surface area contributed by atoms with Crippen LogP contribution in [0.15, 0.2) is 60.8 Å². The molecule has 160 valence electrons. The highest BCUT2D eigenvalue weighted by Crippen LogP contribution is 2.08. The molecule has 0 unspecified atom stereocenters.